The highest BCUT2D eigenvalue weighted by Crippen LogP contribution is 2.30. The average Bonchev–Trinajstić information content (AvgIpc) is 3.22. The van der Waals surface area contributed by atoms with Gasteiger partial charge in [0.25, 0.3) is 0 Å². The van der Waals surface area contributed by atoms with Gasteiger partial charge in [-0.3, -0.25) is 0 Å². The van der Waals surface area contributed by atoms with Crippen molar-refractivity contribution < 1.29 is 0 Å². The molecule has 0 aliphatic heterocycles. The molecule has 0 atom stereocenters. The van der Waals surface area contributed by atoms with Gasteiger partial charge in [-0.1, -0.05) is 65.8 Å². The van der Waals surface area contributed by atoms with Crippen LogP contribution >= 0.6 is 34.7 Å². The summed E-state index contributed by atoms with van der Waals surface area (Å²) in [6.45, 7) is 0. The van der Waals surface area contributed by atoms with E-state index in [0.717, 1.165) is 21.8 Å². The van der Waals surface area contributed by atoms with Gasteiger partial charge in [0.15, 0.2) is 5.16 Å². The molecule has 2 aromatic heterocycles. The smallest absolute Gasteiger partial charge is 0.190 e. The van der Waals surface area contributed by atoms with Crippen LogP contribution in [0.2, 0.25) is 5.02 Å². The molecule has 0 fully saturated rings. The molecule has 0 bridgehead atoms. The second-order valence-electron chi connectivity index (χ2n) is 6.03. The fraction of sp³-hybridized carbons (Fsp3) is 0.0476. The quantitative estimate of drug-likeness (QED) is 0.321. The molecule has 5 nitrogen and oxygen atoms in total. The summed E-state index contributed by atoms with van der Waals surface area (Å²) in [6, 6.07) is 19.2. The number of hydrogen-bond donors (Lipinski definition) is 1. The van der Waals surface area contributed by atoms with Gasteiger partial charge >= 0.3 is 0 Å². The summed E-state index contributed by atoms with van der Waals surface area (Å²) in [5, 5.41) is 13.6. The van der Waals surface area contributed by atoms with Gasteiger partial charge in [-0.25, -0.2) is 15.0 Å². The Kier molecular flexibility index (Phi) is 5.76. The van der Waals surface area contributed by atoms with Crippen LogP contribution in [-0.2, 0) is 5.75 Å². The third-order valence-electron chi connectivity index (χ3n) is 4.07. The molecule has 0 aliphatic carbocycles. The van der Waals surface area contributed by atoms with Gasteiger partial charge in [0, 0.05) is 27.3 Å². The third kappa shape index (κ3) is 4.40. The molecule has 0 amide bonds. The van der Waals surface area contributed by atoms with E-state index in [1.165, 1.54) is 11.8 Å². The summed E-state index contributed by atoms with van der Waals surface area (Å²) >= 11 is 8.96. The first-order valence-electron chi connectivity index (χ1n) is 8.60. The lowest BCUT2D eigenvalue weighted by Crippen LogP contribution is -2.02. The topological polar surface area (TPSA) is 88.5 Å². The number of benzene rings is 2. The Balaban J connectivity index is 1.56. The molecule has 0 spiro atoms. The minimum Gasteiger partial charge on any atom is -0.382 e. The third-order valence-corrected chi connectivity index (χ3v) is 6.14. The molecule has 4 aromatic rings. The lowest BCUT2D eigenvalue weighted by molar-refractivity contribution is 0.973. The van der Waals surface area contributed by atoms with Crippen molar-refractivity contribution in [1.82, 2.24) is 15.0 Å². The predicted octanol–water partition coefficient (Wildman–Crippen LogP) is 5.67. The molecule has 0 unspecified atom stereocenters. The minimum absolute atomic E-state index is 0.184. The maximum absolute atomic E-state index is 9.45. The van der Waals surface area contributed by atoms with Crippen molar-refractivity contribution in [3.8, 4) is 27.9 Å². The van der Waals surface area contributed by atoms with Crippen LogP contribution in [0.1, 0.15) is 11.3 Å². The molecule has 29 heavy (non-hydrogen) atoms. The Hall–Kier alpha value is -2.92. The second kappa shape index (κ2) is 8.62. The molecule has 0 aliphatic rings. The number of halogens is 1. The highest BCUT2D eigenvalue weighted by Gasteiger charge is 2.15. The minimum atomic E-state index is 0.184. The van der Waals surface area contributed by atoms with E-state index in [-0.39, 0.29) is 5.82 Å². The number of hydrogen-bond acceptors (Lipinski definition) is 7. The van der Waals surface area contributed by atoms with E-state index in [4.69, 9.17) is 17.3 Å². The van der Waals surface area contributed by atoms with Gasteiger partial charge in [0.2, 0.25) is 0 Å². The lowest BCUT2D eigenvalue weighted by atomic mass is 10.1. The average molecular weight is 436 g/mol. The van der Waals surface area contributed by atoms with Gasteiger partial charge in [0.1, 0.15) is 22.5 Å². The monoisotopic (exact) mass is 435 g/mol. The SMILES string of the molecule is N#Cc1c(N)nc(SCc2csc(-c3ccc(Cl)cc3)n2)nc1-c1ccccc1. The number of rotatable bonds is 5. The normalized spacial score (nSPS) is 10.6. The number of thiazole rings is 1. The number of nitriles is 1. The molecule has 0 radical (unpaired) electrons. The molecule has 2 N–H and O–H groups in total. The standard InChI is InChI=1S/C21H14ClN5S2/c22-15-8-6-14(7-9-15)20-25-16(11-28-20)12-29-21-26-18(13-4-2-1-3-5-13)17(10-23)19(24)27-21/h1-9,11H,12H2,(H2,24,26,27). The fourth-order valence-corrected chi connectivity index (χ4v) is 4.47. The summed E-state index contributed by atoms with van der Waals surface area (Å²) in [5.74, 6) is 0.785. The first kappa shape index (κ1) is 19.4. The van der Waals surface area contributed by atoms with Crippen molar-refractivity contribution >= 4 is 40.5 Å². The molecule has 0 saturated heterocycles. The van der Waals surface area contributed by atoms with Crippen molar-refractivity contribution in [3.05, 3.63) is 76.3 Å². The van der Waals surface area contributed by atoms with Crippen molar-refractivity contribution in [2.24, 2.45) is 0 Å². The summed E-state index contributed by atoms with van der Waals surface area (Å²) in [6.07, 6.45) is 0. The molecule has 0 saturated carbocycles. The Morgan fingerprint density at radius 3 is 2.48 bits per heavy atom. The van der Waals surface area contributed by atoms with Crippen LogP contribution in [-0.4, -0.2) is 15.0 Å². The summed E-state index contributed by atoms with van der Waals surface area (Å²) in [5.41, 5.74) is 9.64. The number of anilines is 1. The van der Waals surface area contributed by atoms with E-state index in [9.17, 15) is 5.26 Å². The van der Waals surface area contributed by atoms with Crippen LogP contribution in [0.4, 0.5) is 5.82 Å². The van der Waals surface area contributed by atoms with Gasteiger partial charge < -0.3 is 5.73 Å². The van der Waals surface area contributed by atoms with Gasteiger partial charge in [0.05, 0.1) is 11.4 Å². The fourth-order valence-electron chi connectivity index (χ4n) is 2.67. The number of nitrogens with two attached hydrogens (primary N) is 1. The first-order valence-corrected chi connectivity index (χ1v) is 10.8. The first-order chi connectivity index (χ1) is 14.1. The van der Waals surface area contributed by atoms with Crippen molar-refractivity contribution in [2.75, 3.05) is 5.73 Å². The molecule has 2 aromatic carbocycles. The Bertz CT molecular complexity index is 1180. The van der Waals surface area contributed by atoms with Gasteiger partial charge in [-0.2, -0.15) is 5.26 Å². The second-order valence-corrected chi connectivity index (χ2v) is 8.27. The van der Waals surface area contributed by atoms with E-state index < -0.39 is 0 Å². The number of nitrogens with zero attached hydrogens (tertiary/aromatic N) is 4. The highest BCUT2D eigenvalue weighted by molar-refractivity contribution is 7.98. The van der Waals surface area contributed by atoms with Crippen LogP contribution < -0.4 is 5.73 Å². The summed E-state index contributed by atoms with van der Waals surface area (Å²) in [7, 11) is 0. The Labute approximate surface area is 181 Å². The van der Waals surface area contributed by atoms with Crippen LogP contribution in [0.15, 0.2) is 65.1 Å². The van der Waals surface area contributed by atoms with E-state index in [0.29, 0.717) is 27.2 Å². The zero-order valence-corrected chi connectivity index (χ0v) is 17.4. The molecule has 4 rings (SSSR count). The van der Waals surface area contributed by atoms with Gasteiger partial charge in [-0.15, -0.1) is 11.3 Å². The number of nitrogen functional groups attached to an aromatic ring is 1. The number of thioether (sulfide) groups is 1. The Morgan fingerprint density at radius 1 is 1.00 bits per heavy atom. The molecule has 142 valence electrons. The van der Waals surface area contributed by atoms with Crippen LogP contribution in [0, 0.1) is 11.3 Å². The lowest BCUT2D eigenvalue weighted by Gasteiger charge is -2.08. The number of aromatic nitrogens is 3. The molecular formula is C21H14ClN5S2. The Morgan fingerprint density at radius 2 is 1.76 bits per heavy atom. The highest BCUT2D eigenvalue weighted by atomic mass is 35.5. The zero-order valence-electron chi connectivity index (χ0n) is 15.0. The maximum Gasteiger partial charge on any atom is 0.190 e. The van der Waals surface area contributed by atoms with Crippen LogP contribution in [0.5, 0.6) is 0 Å². The molecule has 8 heteroatoms. The van der Waals surface area contributed by atoms with Crippen molar-refractivity contribution in [1.29, 1.82) is 5.26 Å². The van der Waals surface area contributed by atoms with Crippen LogP contribution in [0.25, 0.3) is 21.8 Å². The molecule has 2 heterocycles. The van der Waals surface area contributed by atoms with E-state index in [2.05, 4.69) is 21.0 Å². The van der Waals surface area contributed by atoms with Crippen molar-refractivity contribution in [2.45, 2.75) is 10.9 Å². The summed E-state index contributed by atoms with van der Waals surface area (Å²) < 4.78 is 0. The van der Waals surface area contributed by atoms with E-state index in [1.807, 2.05) is 60.0 Å². The van der Waals surface area contributed by atoms with Crippen molar-refractivity contribution in [3.63, 3.8) is 0 Å². The molecular weight excluding hydrogens is 422 g/mol. The van der Waals surface area contributed by atoms with E-state index >= 15 is 0 Å². The largest absolute Gasteiger partial charge is 0.382 e. The van der Waals surface area contributed by atoms with Gasteiger partial charge in [-0.05, 0) is 12.1 Å². The predicted molar refractivity (Wildman–Crippen MR) is 119 cm³/mol. The maximum atomic E-state index is 9.45. The van der Waals surface area contributed by atoms with Crippen LogP contribution in [0.3, 0.4) is 0 Å². The zero-order chi connectivity index (χ0) is 20.2. The summed E-state index contributed by atoms with van der Waals surface area (Å²) in [4.78, 5) is 13.5. The van der Waals surface area contributed by atoms with E-state index in [1.54, 1.807) is 11.3 Å².